The van der Waals surface area contributed by atoms with Crippen LogP contribution in [0.3, 0.4) is 0 Å². The number of nitrogens with zero attached hydrogens (tertiary/aromatic N) is 4. The molecule has 2 aliphatic rings. The van der Waals surface area contributed by atoms with Gasteiger partial charge < -0.3 is 20.4 Å². The first-order chi connectivity index (χ1) is 22.1. The molecule has 2 aromatic heterocycles. The average Bonchev–Trinajstić information content (AvgIpc) is 3.40. The highest BCUT2D eigenvalue weighted by Gasteiger charge is 2.57. The van der Waals surface area contributed by atoms with Gasteiger partial charge in [0.1, 0.15) is 25.1 Å². The Labute approximate surface area is 274 Å². The minimum Gasteiger partial charge on any atom is -0.489 e. The number of hydrogen-bond donors (Lipinski definition) is 3. The van der Waals surface area contributed by atoms with E-state index in [2.05, 4.69) is 25.1 Å². The average molecular weight is 691 g/mol. The highest BCUT2D eigenvalue weighted by Crippen LogP contribution is 2.40. The molecule has 0 bridgehead atoms. The van der Waals surface area contributed by atoms with Crippen molar-refractivity contribution in [2.75, 3.05) is 12.3 Å². The molecule has 5 rings (SSSR count). The number of hydrogen-bond acceptors (Lipinski definition) is 12. The molecule has 1 aliphatic heterocycles. The maximum absolute atomic E-state index is 13.4. The van der Waals surface area contributed by atoms with Gasteiger partial charge in [0.25, 0.3) is 12.0 Å². The summed E-state index contributed by atoms with van der Waals surface area (Å²) in [5.41, 5.74) is 5.26. The molecular weight excluding hydrogens is 654 g/mol. The molecule has 1 saturated carbocycles. The fraction of sp³-hybridized carbons (Fsp3) is 0.467. The van der Waals surface area contributed by atoms with Crippen LogP contribution in [0.4, 0.5) is 5.13 Å². The highest BCUT2D eigenvalue weighted by molar-refractivity contribution is 7.80. The fourth-order valence-corrected chi connectivity index (χ4v) is 6.56. The molecule has 1 aromatic carbocycles. The van der Waals surface area contributed by atoms with E-state index < -0.39 is 64.4 Å². The number of amides is 1. The molecule has 4 N–H and O–H groups in total. The number of ether oxygens (including phenoxy) is 1. The molecule has 0 unspecified atom stereocenters. The number of carbonyl (C=O) groups is 3. The van der Waals surface area contributed by atoms with E-state index in [1.807, 2.05) is 19.3 Å². The SMILES string of the molecule is C[n+]1cc2cc(OC[C@H](O/N=C(\C(=O)C[C@@H]3C(=O)N(OS(=O)(=O)O)C3(C)C)c3csc(N)n3)C(=O)O)ccc2cc1CCC1CCC1. The van der Waals surface area contributed by atoms with Gasteiger partial charge in [0.15, 0.2) is 28.5 Å². The number of β-lactam (4-membered cyclic amide) rings is 1. The second-order valence-corrected chi connectivity index (χ2v) is 14.1. The molecular formula is C30H36N5O10S2+. The van der Waals surface area contributed by atoms with E-state index in [1.54, 1.807) is 12.1 Å². The van der Waals surface area contributed by atoms with Crippen molar-refractivity contribution in [3.8, 4) is 5.75 Å². The lowest BCUT2D eigenvalue weighted by atomic mass is 9.74. The zero-order valence-corrected chi connectivity index (χ0v) is 27.6. The largest absolute Gasteiger partial charge is 0.489 e. The number of pyridine rings is 1. The molecule has 3 aromatic rings. The molecule has 15 nitrogen and oxygen atoms in total. The van der Waals surface area contributed by atoms with Gasteiger partial charge in [-0.1, -0.05) is 30.5 Å². The van der Waals surface area contributed by atoms with Crippen molar-refractivity contribution in [3.63, 3.8) is 0 Å². The Hall–Kier alpha value is -4.19. The Morgan fingerprint density at radius 2 is 2.00 bits per heavy atom. The van der Waals surface area contributed by atoms with Crippen LogP contribution in [-0.4, -0.2) is 69.7 Å². The number of ketones is 1. The maximum atomic E-state index is 13.4. The van der Waals surface area contributed by atoms with Gasteiger partial charge in [-0.2, -0.15) is 13.5 Å². The lowest BCUT2D eigenvalue weighted by molar-refractivity contribution is -0.677. The first-order valence-corrected chi connectivity index (χ1v) is 17.1. The van der Waals surface area contributed by atoms with Crippen LogP contribution in [0.15, 0.2) is 41.0 Å². The van der Waals surface area contributed by atoms with Crippen LogP contribution in [-0.2, 0) is 47.4 Å². The van der Waals surface area contributed by atoms with Gasteiger partial charge in [0, 0.05) is 29.7 Å². The molecule has 3 heterocycles. The number of benzene rings is 1. The number of aryl methyl sites for hydroxylation is 2. The number of carboxylic acid groups (broad SMARTS) is 1. The van der Waals surface area contributed by atoms with E-state index >= 15 is 0 Å². The molecule has 2 fully saturated rings. The van der Waals surface area contributed by atoms with E-state index in [-0.39, 0.29) is 10.8 Å². The van der Waals surface area contributed by atoms with Crippen molar-refractivity contribution in [1.29, 1.82) is 0 Å². The van der Waals surface area contributed by atoms with Crippen LogP contribution >= 0.6 is 11.3 Å². The van der Waals surface area contributed by atoms with Crippen LogP contribution in [0, 0.1) is 11.8 Å². The maximum Gasteiger partial charge on any atom is 0.418 e. The second-order valence-electron chi connectivity index (χ2n) is 12.2. The Morgan fingerprint density at radius 1 is 1.26 bits per heavy atom. The number of carboxylic acids is 1. The monoisotopic (exact) mass is 690 g/mol. The summed E-state index contributed by atoms with van der Waals surface area (Å²) in [6.07, 6.45) is 5.99. The van der Waals surface area contributed by atoms with Gasteiger partial charge in [-0.25, -0.2) is 14.3 Å². The van der Waals surface area contributed by atoms with E-state index in [0.29, 0.717) is 10.8 Å². The minimum absolute atomic E-state index is 0.00682. The van der Waals surface area contributed by atoms with Gasteiger partial charge in [0.2, 0.25) is 0 Å². The van der Waals surface area contributed by atoms with Crippen molar-refractivity contribution in [1.82, 2.24) is 10.0 Å². The number of nitrogens with two attached hydrogens (primary N) is 1. The van der Waals surface area contributed by atoms with Crippen molar-refractivity contribution < 1.29 is 50.9 Å². The standard InChI is InChI=1S/C30H35N5O10S2/c1-30(2)22(27(37)35(30)45-47(40,41)42)13-24(36)26(23-16-46-29(31)32-23)33-44-25(28(38)39)15-43-21-10-8-18-11-20(9-7-17-5-4-6-17)34(3)14-19(18)12-21/h8,10-12,14,16-17,22,25H,4-7,9,13,15H2,1-3H3,(H3-,31,32,38,39,40,41,42)/p+1/b33-26-/t22-,25+/m1/s1. The number of Topliss-reactive ketones (excluding diaryl/α,β-unsaturated/α-hetero) is 1. The molecule has 1 aliphatic carbocycles. The summed E-state index contributed by atoms with van der Waals surface area (Å²) < 4.78 is 43.4. The lowest BCUT2D eigenvalue weighted by Gasteiger charge is -2.50. The van der Waals surface area contributed by atoms with Crippen molar-refractivity contribution in [3.05, 3.63) is 47.2 Å². The summed E-state index contributed by atoms with van der Waals surface area (Å²) >= 11 is 1.000. The first kappa shape index (κ1) is 34.2. The lowest BCUT2D eigenvalue weighted by Crippen LogP contribution is -2.68. The minimum atomic E-state index is -4.98. The van der Waals surface area contributed by atoms with Crippen LogP contribution < -0.4 is 15.0 Å². The number of nitrogen functional groups attached to an aromatic ring is 1. The number of rotatable bonds is 15. The van der Waals surface area contributed by atoms with E-state index in [1.165, 1.54) is 50.6 Å². The summed E-state index contributed by atoms with van der Waals surface area (Å²) in [6, 6.07) is 7.59. The summed E-state index contributed by atoms with van der Waals surface area (Å²) in [6.45, 7) is 2.42. The number of aliphatic carboxylic acids is 1. The Balaban J connectivity index is 1.27. The van der Waals surface area contributed by atoms with Crippen molar-refractivity contribution >= 4 is 61.0 Å². The second kappa shape index (κ2) is 13.5. The number of anilines is 1. The number of carbonyl (C=O) groups excluding carboxylic acids is 2. The third kappa shape index (κ3) is 7.86. The Bertz CT molecular complexity index is 1840. The molecule has 1 saturated heterocycles. The fourth-order valence-electron chi connectivity index (χ4n) is 5.56. The number of fused-ring (bicyclic) bond motifs is 1. The highest BCUT2D eigenvalue weighted by atomic mass is 32.3. The molecule has 17 heteroatoms. The summed E-state index contributed by atoms with van der Waals surface area (Å²) in [7, 11) is -2.99. The molecule has 47 heavy (non-hydrogen) atoms. The normalized spacial score (nSPS) is 18.8. The van der Waals surface area contributed by atoms with Gasteiger partial charge >= 0.3 is 16.4 Å². The van der Waals surface area contributed by atoms with Gasteiger partial charge in [0.05, 0.1) is 11.5 Å². The third-order valence-electron chi connectivity index (χ3n) is 8.61. The Morgan fingerprint density at radius 3 is 2.60 bits per heavy atom. The zero-order valence-electron chi connectivity index (χ0n) is 26.0. The number of hydroxylamine groups is 2. The van der Waals surface area contributed by atoms with E-state index in [4.69, 9.17) is 19.9 Å². The van der Waals surface area contributed by atoms with Crippen LogP contribution in [0.2, 0.25) is 0 Å². The van der Waals surface area contributed by atoms with Crippen molar-refractivity contribution in [2.24, 2.45) is 24.0 Å². The van der Waals surface area contributed by atoms with Crippen molar-refractivity contribution in [2.45, 2.75) is 64.0 Å². The molecule has 1 amide bonds. The number of thiazole rings is 1. The topological polar surface area (TPSA) is 212 Å². The van der Waals surface area contributed by atoms with Crippen LogP contribution in [0.1, 0.15) is 57.3 Å². The van der Waals surface area contributed by atoms with Gasteiger partial charge in [-0.15, -0.1) is 15.6 Å². The molecule has 252 valence electrons. The predicted octanol–water partition coefficient (Wildman–Crippen LogP) is 2.62. The zero-order chi connectivity index (χ0) is 34.1. The third-order valence-corrected chi connectivity index (χ3v) is 9.62. The number of oxime groups is 1. The summed E-state index contributed by atoms with van der Waals surface area (Å²) in [5.74, 6) is -2.88. The summed E-state index contributed by atoms with van der Waals surface area (Å²) in [4.78, 5) is 47.3. The molecule has 2 atom stereocenters. The number of aromatic nitrogens is 2. The Kier molecular flexibility index (Phi) is 9.81. The van der Waals surface area contributed by atoms with Crippen LogP contribution in [0.25, 0.3) is 10.8 Å². The quantitative estimate of drug-likeness (QED) is 0.0691. The molecule has 0 radical (unpaired) electrons. The van der Waals surface area contributed by atoms with E-state index in [9.17, 15) is 27.9 Å². The smallest absolute Gasteiger partial charge is 0.418 e. The first-order valence-electron chi connectivity index (χ1n) is 14.9. The molecule has 0 spiro atoms. The van der Waals surface area contributed by atoms with Gasteiger partial charge in [-0.05, 0) is 43.7 Å². The van der Waals surface area contributed by atoms with Crippen LogP contribution in [0.5, 0.6) is 5.75 Å². The van der Waals surface area contributed by atoms with Gasteiger partial charge in [-0.3, -0.25) is 14.1 Å². The van der Waals surface area contributed by atoms with E-state index in [0.717, 1.165) is 34.4 Å². The predicted molar refractivity (Wildman–Crippen MR) is 169 cm³/mol. The summed E-state index contributed by atoms with van der Waals surface area (Å²) in [5, 5.41) is 17.5.